The molecule has 2 N–H and O–H groups in total. The Bertz CT molecular complexity index is 1020. The molecule has 2 unspecified atom stereocenters. The van der Waals surface area contributed by atoms with Crippen LogP contribution in [0.15, 0.2) is 30.5 Å². The molecule has 2 aliphatic rings. The quantitative estimate of drug-likeness (QED) is 0.641. The van der Waals surface area contributed by atoms with E-state index in [0.29, 0.717) is 6.42 Å². The van der Waals surface area contributed by atoms with Gasteiger partial charge in [0, 0.05) is 37.2 Å². The van der Waals surface area contributed by atoms with Gasteiger partial charge in [-0.25, -0.2) is 0 Å². The summed E-state index contributed by atoms with van der Waals surface area (Å²) in [7, 11) is 0. The van der Waals surface area contributed by atoms with E-state index < -0.39 is 12.1 Å². The van der Waals surface area contributed by atoms with E-state index in [1.807, 2.05) is 51.6 Å². The predicted molar refractivity (Wildman–Crippen MR) is 139 cm³/mol. The number of aliphatic hydroxyl groups excluding tert-OH is 1. The number of carbonyl (C=O) groups excluding carboxylic acids is 2. The third kappa shape index (κ3) is 5.77. The van der Waals surface area contributed by atoms with Crippen LogP contribution in [0.4, 0.5) is 0 Å². The number of benzene rings is 1. The first-order chi connectivity index (χ1) is 16.8. The molecule has 7 heteroatoms. The van der Waals surface area contributed by atoms with E-state index in [9.17, 15) is 14.7 Å². The highest BCUT2D eigenvalue weighted by molar-refractivity contribution is 5.89. The van der Waals surface area contributed by atoms with Crippen LogP contribution in [0.5, 0.6) is 0 Å². The van der Waals surface area contributed by atoms with Gasteiger partial charge in [-0.1, -0.05) is 46.8 Å². The number of likely N-dealkylation sites (tertiary alicyclic amines) is 1. The number of hydrogen-bond donors (Lipinski definition) is 2. The fourth-order valence-electron chi connectivity index (χ4n) is 5.07. The summed E-state index contributed by atoms with van der Waals surface area (Å²) in [5.74, 6) is -0.219. The van der Waals surface area contributed by atoms with Crippen molar-refractivity contribution < 1.29 is 14.7 Å². The number of nitrogens with one attached hydrogen (secondary N) is 1. The number of nitrogens with zero attached hydrogens (tertiary/aromatic N) is 3. The van der Waals surface area contributed by atoms with Gasteiger partial charge in [-0.3, -0.25) is 14.3 Å². The Kier molecular flexibility index (Phi) is 9.11. The van der Waals surface area contributed by atoms with Crippen LogP contribution in [0.2, 0.25) is 0 Å². The number of carbonyl (C=O) groups is 2. The SMILES string of the molecule is CC.CCn1nccc1-c1ccc2c(c1)CCC[C@@H]2NC(=O)C1C[C@@H](O)CN1C(=O)C(C)C(C)C. The highest BCUT2D eigenvalue weighted by Gasteiger charge is 2.41. The molecule has 1 aliphatic heterocycles. The second-order valence-electron chi connectivity index (χ2n) is 9.83. The lowest BCUT2D eigenvalue weighted by Crippen LogP contribution is -2.49. The number of rotatable bonds is 6. The predicted octanol–water partition coefficient (Wildman–Crippen LogP) is 4.34. The minimum Gasteiger partial charge on any atom is -0.391 e. The van der Waals surface area contributed by atoms with Crippen LogP contribution < -0.4 is 5.32 Å². The first-order valence-electron chi connectivity index (χ1n) is 13.2. The molecule has 0 saturated carbocycles. The number of aromatic nitrogens is 2. The third-order valence-corrected chi connectivity index (χ3v) is 7.34. The maximum Gasteiger partial charge on any atom is 0.243 e. The summed E-state index contributed by atoms with van der Waals surface area (Å²) in [5.41, 5.74) is 4.63. The monoisotopic (exact) mass is 482 g/mol. The van der Waals surface area contributed by atoms with Crippen LogP contribution >= 0.6 is 0 Å². The molecule has 1 saturated heterocycles. The van der Waals surface area contributed by atoms with E-state index in [4.69, 9.17) is 0 Å². The van der Waals surface area contributed by atoms with E-state index in [1.165, 1.54) is 5.56 Å². The molecule has 2 aromatic rings. The lowest BCUT2D eigenvalue weighted by molar-refractivity contribution is -0.142. The summed E-state index contributed by atoms with van der Waals surface area (Å²) < 4.78 is 1.99. The molecule has 2 heterocycles. The van der Waals surface area contributed by atoms with Crippen molar-refractivity contribution >= 4 is 11.8 Å². The van der Waals surface area contributed by atoms with Gasteiger partial charge in [-0.05, 0) is 55.4 Å². The van der Waals surface area contributed by atoms with Crippen molar-refractivity contribution in [2.24, 2.45) is 11.8 Å². The zero-order valence-corrected chi connectivity index (χ0v) is 22.1. The van der Waals surface area contributed by atoms with Crippen molar-refractivity contribution in [3.05, 3.63) is 41.6 Å². The average molecular weight is 483 g/mol. The van der Waals surface area contributed by atoms with E-state index in [0.717, 1.165) is 42.6 Å². The molecule has 0 radical (unpaired) electrons. The summed E-state index contributed by atoms with van der Waals surface area (Å²) in [5, 5.41) is 17.8. The molecular formula is C28H42N4O3. The number of aliphatic hydroxyl groups is 1. The zero-order chi connectivity index (χ0) is 25.7. The molecule has 1 aromatic carbocycles. The van der Waals surface area contributed by atoms with Crippen LogP contribution in [0, 0.1) is 11.8 Å². The first-order valence-corrected chi connectivity index (χ1v) is 13.2. The second-order valence-corrected chi connectivity index (χ2v) is 9.83. The Hall–Kier alpha value is -2.67. The number of β-amino-alcohol motifs (C(OH)–C–C–N with tert-alkyl or cyclic N) is 1. The van der Waals surface area contributed by atoms with E-state index in [1.54, 1.807) is 4.90 Å². The van der Waals surface area contributed by atoms with Crippen molar-refractivity contribution in [2.45, 2.75) is 92.0 Å². The van der Waals surface area contributed by atoms with Gasteiger partial charge in [0.2, 0.25) is 11.8 Å². The van der Waals surface area contributed by atoms with Gasteiger partial charge in [-0.2, -0.15) is 5.10 Å². The largest absolute Gasteiger partial charge is 0.391 e. The van der Waals surface area contributed by atoms with Gasteiger partial charge in [-0.15, -0.1) is 0 Å². The van der Waals surface area contributed by atoms with Gasteiger partial charge in [0.25, 0.3) is 0 Å². The molecule has 4 atom stereocenters. The van der Waals surface area contributed by atoms with E-state index >= 15 is 0 Å². The van der Waals surface area contributed by atoms with Crippen molar-refractivity contribution in [2.75, 3.05) is 6.54 Å². The normalized spacial score (nSPS) is 22.3. The molecule has 2 amide bonds. The molecule has 192 valence electrons. The summed E-state index contributed by atoms with van der Waals surface area (Å²) in [6.45, 7) is 13.0. The highest BCUT2D eigenvalue weighted by atomic mass is 16.3. The van der Waals surface area contributed by atoms with Gasteiger partial charge in [0.15, 0.2) is 0 Å². The third-order valence-electron chi connectivity index (χ3n) is 7.34. The molecular weight excluding hydrogens is 440 g/mol. The first kappa shape index (κ1) is 26.9. The standard InChI is InChI=1S/C26H36N4O3.C2H6/c1-5-30-23(11-12-27-30)19-9-10-21-18(13-19)7-6-8-22(21)28-25(32)24-14-20(31)15-29(24)26(33)17(4)16(2)3;1-2/h9-13,16-17,20,22,24,31H,5-8,14-15H2,1-4H3,(H,28,32);1-2H3/t17?,20-,22+,24?;/m1./s1. The lowest BCUT2D eigenvalue weighted by Gasteiger charge is -2.31. The Morgan fingerprint density at radius 1 is 1.20 bits per heavy atom. The summed E-state index contributed by atoms with van der Waals surface area (Å²) in [6, 6.07) is 7.78. The van der Waals surface area contributed by atoms with E-state index in [2.05, 4.69) is 35.5 Å². The number of aryl methyl sites for hydroxylation is 2. The fraction of sp³-hybridized carbons (Fsp3) is 0.607. The molecule has 7 nitrogen and oxygen atoms in total. The van der Waals surface area contributed by atoms with Crippen molar-refractivity contribution in [1.82, 2.24) is 20.0 Å². The Labute approximate surface area is 209 Å². The van der Waals surface area contributed by atoms with Crippen LogP contribution in [0.1, 0.15) is 78.0 Å². The van der Waals surface area contributed by atoms with E-state index in [-0.39, 0.29) is 36.2 Å². The maximum absolute atomic E-state index is 13.3. The molecule has 0 spiro atoms. The molecule has 4 rings (SSSR count). The maximum atomic E-state index is 13.3. The average Bonchev–Trinajstić information content (AvgIpc) is 3.50. The molecule has 1 fully saturated rings. The highest BCUT2D eigenvalue weighted by Crippen LogP contribution is 2.34. The molecule has 1 aromatic heterocycles. The van der Waals surface area contributed by atoms with Crippen LogP contribution in [-0.2, 0) is 22.6 Å². The number of amides is 2. The summed E-state index contributed by atoms with van der Waals surface area (Å²) >= 11 is 0. The smallest absolute Gasteiger partial charge is 0.243 e. The lowest BCUT2D eigenvalue weighted by atomic mass is 9.86. The van der Waals surface area contributed by atoms with Gasteiger partial charge in [0.1, 0.15) is 6.04 Å². The minimum absolute atomic E-state index is 0.0529. The van der Waals surface area contributed by atoms with Gasteiger partial charge >= 0.3 is 0 Å². The zero-order valence-electron chi connectivity index (χ0n) is 22.1. The Balaban J connectivity index is 0.00000167. The Morgan fingerprint density at radius 3 is 2.63 bits per heavy atom. The topological polar surface area (TPSA) is 87.5 Å². The number of hydrogen-bond acceptors (Lipinski definition) is 4. The Morgan fingerprint density at radius 2 is 1.94 bits per heavy atom. The van der Waals surface area contributed by atoms with Crippen LogP contribution in [0.3, 0.4) is 0 Å². The fourth-order valence-corrected chi connectivity index (χ4v) is 5.07. The molecule has 1 aliphatic carbocycles. The molecule has 35 heavy (non-hydrogen) atoms. The van der Waals surface area contributed by atoms with Gasteiger partial charge in [0.05, 0.1) is 17.8 Å². The van der Waals surface area contributed by atoms with Crippen molar-refractivity contribution in [3.63, 3.8) is 0 Å². The number of fused-ring (bicyclic) bond motifs is 1. The van der Waals surface area contributed by atoms with Crippen molar-refractivity contribution in [3.8, 4) is 11.3 Å². The summed E-state index contributed by atoms with van der Waals surface area (Å²) in [6.07, 6.45) is 4.31. The minimum atomic E-state index is -0.659. The van der Waals surface area contributed by atoms with Crippen molar-refractivity contribution in [1.29, 1.82) is 0 Å². The van der Waals surface area contributed by atoms with Crippen LogP contribution in [-0.4, -0.2) is 50.3 Å². The van der Waals surface area contributed by atoms with Crippen LogP contribution in [0.25, 0.3) is 11.3 Å². The molecule has 0 bridgehead atoms. The summed E-state index contributed by atoms with van der Waals surface area (Å²) in [4.78, 5) is 27.8. The second kappa shape index (κ2) is 11.8. The van der Waals surface area contributed by atoms with Gasteiger partial charge < -0.3 is 15.3 Å².